The second-order valence-electron chi connectivity index (χ2n) is 6.71. The average Bonchev–Trinajstić information content (AvgIpc) is 2.66. The Bertz CT molecular complexity index is 734. The lowest BCUT2D eigenvalue weighted by Gasteiger charge is -2.27. The van der Waals surface area contributed by atoms with E-state index in [4.69, 9.17) is 9.47 Å². The van der Waals surface area contributed by atoms with Crippen LogP contribution < -0.4 is 9.47 Å². The molecule has 2 heteroatoms. The molecule has 2 aromatic rings. The van der Waals surface area contributed by atoms with Gasteiger partial charge in [0.05, 0.1) is 14.2 Å². The summed E-state index contributed by atoms with van der Waals surface area (Å²) in [6.07, 6.45) is 7.12. The van der Waals surface area contributed by atoms with Gasteiger partial charge < -0.3 is 9.47 Å². The monoisotopic (exact) mass is 320 g/mol. The fraction of sp³-hybridized carbons (Fsp3) is 0.364. The van der Waals surface area contributed by atoms with Gasteiger partial charge >= 0.3 is 0 Å². The van der Waals surface area contributed by atoms with Crippen LogP contribution in [0.15, 0.2) is 36.4 Å². The Hall–Kier alpha value is -2.22. The maximum Gasteiger partial charge on any atom is 0.119 e. The van der Waals surface area contributed by atoms with Gasteiger partial charge in [-0.25, -0.2) is 0 Å². The number of rotatable bonds is 2. The first-order valence-corrected chi connectivity index (χ1v) is 8.87. The SMILES string of the molecule is COc1ccc2c(c1)CCC/C2=C1\CCCc2cc(OC)ccc21. The summed E-state index contributed by atoms with van der Waals surface area (Å²) in [5.41, 5.74) is 8.82. The molecule has 0 spiro atoms. The van der Waals surface area contributed by atoms with E-state index in [2.05, 4.69) is 36.4 Å². The van der Waals surface area contributed by atoms with Crippen LogP contribution in [0.2, 0.25) is 0 Å². The van der Waals surface area contributed by atoms with Crippen LogP contribution >= 0.6 is 0 Å². The van der Waals surface area contributed by atoms with Gasteiger partial charge in [0.1, 0.15) is 11.5 Å². The van der Waals surface area contributed by atoms with E-state index >= 15 is 0 Å². The fourth-order valence-corrected chi connectivity index (χ4v) is 4.20. The Morgan fingerprint density at radius 3 is 1.50 bits per heavy atom. The quantitative estimate of drug-likeness (QED) is 0.749. The minimum atomic E-state index is 0.966. The molecule has 4 rings (SSSR count). The molecule has 0 bridgehead atoms. The van der Waals surface area contributed by atoms with Gasteiger partial charge in [0.25, 0.3) is 0 Å². The summed E-state index contributed by atoms with van der Waals surface area (Å²) in [5, 5.41) is 0. The predicted octanol–water partition coefficient (Wildman–Crippen LogP) is 5.29. The highest BCUT2D eigenvalue weighted by atomic mass is 16.5. The van der Waals surface area contributed by atoms with Gasteiger partial charge in [-0.1, -0.05) is 12.1 Å². The third-order valence-electron chi connectivity index (χ3n) is 5.39. The van der Waals surface area contributed by atoms with Crippen LogP contribution in [0.5, 0.6) is 11.5 Å². The van der Waals surface area contributed by atoms with Gasteiger partial charge in [0.15, 0.2) is 0 Å². The number of fused-ring (bicyclic) bond motifs is 2. The molecule has 0 heterocycles. The van der Waals surface area contributed by atoms with E-state index in [1.54, 1.807) is 25.4 Å². The highest BCUT2D eigenvalue weighted by Gasteiger charge is 2.23. The third kappa shape index (κ3) is 2.60. The molecule has 0 atom stereocenters. The van der Waals surface area contributed by atoms with Crippen LogP contribution in [-0.4, -0.2) is 14.2 Å². The predicted molar refractivity (Wildman–Crippen MR) is 98.7 cm³/mol. The molecule has 2 nitrogen and oxygen atoms in total. The molecule has 0 aliphatic heterocycles. The lowest BCUT2D eigenvalue weighted by molar-refractivity contribution is 0.414. The maximum atomic E-state index is 5.41. The van der Waals surface area contributed by atoms with Crippen LogP contribution in [0, 0.1) is 0 Å². The average molecular weight is 320 g/mol. The molecule has 0 saturated heterocycles. The summed E-state index contributed by atoms with van der Waals surface area (Å²) in [6, 6.07) is 13.1. The Morgan fingerprint density at radius 1 is 0.625 bits per heavy atom. The zero-order valence-electron chi connectivity index (χ0n) is 14.5. The first-order chi connectivity index (χ1) is 11.8. The van der Waals surface area contributed by atoms with Crippen molar-refractivity contribution in [1.82, 2.24) is 0 Å². The van der Waals surface area contributed by atoms with E-state index in [0.29, 0.717) is 0 Å². The van der Waals surface area contributed by atoms with E-state index < -0.39 is 0 Å². The van der Waals surface area contributed by atoms with Crippen LogP contribution in [0.25, 0.3) is 11.1 Å². The summed E-state index contributed by atoms with van der Waals surface area (Å²) < 4.78 is 10.8. The van der Waals surface area contributed by atoms with Gasteiger partial charge in [-0.05, 0) is 96.2 Å². The highest BCUT2D eigenvalue weighted by molar-refractivity contribution is 5.94. The second-order valence-corrected chi connectivity index (χ2v) is 6.71. The molecule has 0 fully saturated rings. The van der Waals surface area contributed by atoms with Crippen molar-refractivity contribution >= 4 is 11.1 Å². The van der Waals surface area contributed by atoms with Gasteiger partial charge in [-0.2, -0.15) is 0 Å². The Balaban J connectivity index is 1.85. The second kappa shape index (κ2) is 6.35. The molecule has 0 aromatic heterocycles. The number of benzene rings is 2. The van der Waals surface area contributed by atoms with Crippen molar-refractivity contribution in [1.29, 1.82) is 0 Å². The van der Waals surface area contributed by atoms with Crippen molar-refractivity contribution in [2.75, 3.05) is 14.2 Å². The molecule has 24 heavy (non-hydrogen) atoms. The largest absolute Gasteiger partial charge is 0.497 e. The number of hydrogen-bond donors (Lipinski definition) is 0. The lowest BCUT2D eigenvalue weighted by Crippen LogP contribution is -2.08. The van der Waals surface area contributed by atoms with Crippen molar-refractivity contribution < 1.29 is 9.47 Å². The molecule has 0 saturated carbocycles. The van der Waals surface area contributed by atoms with Crippen LogP contribution in [0.4, 0.5) is 0 Å². The van der Waals surface area contributed by atoms with Gasteiger partial charge in [-0.15, -0.1) is 0 Å². The zero-order chi connectivity index (χ0) is 16.5. The Labute approximate surface area is 144 Å². The zero-order valence-corrected chi connectivity index (χ0v) is 14.5. The van der Waals surface area contributed by atoms with Crippen molar-refractivity contribution in [3.05, 3.63) is 58.7 Å². The van der Waals surface area contributed by atoms with E-state index in [9.17, 15) is 0 Å². The standard InChI is InChI=1S/C22H24O2/c1-23-17-9-11-19-15(13-17)5-3-7-21(19)22-8-4-6-16-14-18(24-2)10-12-20(16)22/h9-14H,3-8H2,1-2H3/b22-21-. The van der Waals surface area contributed by atoms with Gasteiger partial charge in [0, 0.05) is 0 Å². The normalized spacial score (nSPS) is 19.4. The minimum Gasteiger partial charge on any atom is -0.497 e. The fourth-order valence-electron chi connectivity index (χ4n) is 4.20. The lowest BCUT2D eigenvalue weighted by atomic mass is 9.78. The Kier molecular flexibility index (Phi) is 4.05. The first kappa shape index (κ1) is 15.3. The summed E-state index contributed by atoms with van der Waals surface area (Å²) in [4.78, 5) is 0. The molecular weight excluding hydrogens is 296 g/mol. The molecule has 124 valence electrons. The molecule has 0 amide bonds. The van der Waals surface area contributed by atoms with Gasteiger partial charge in [0.2, 0.25) is 0 Å². The molecule has 2 aliphatic carbocycles. The minimum absolute atomic E-state index is 0.966. The molecule has 2 aromatic carbocycles. The first-order valence-electron chi connectivity index (χ1n) is 8.87. The number of methoxy groups -OCH3 is 2. The summed E-state index contributed by atoms with van der Waals surface area (Å²) in [6.45, 7) is 0. The van der Waals surface area contributed by atoms with Gasteiger partial charge in [-0.3, -0.25) is 0 Å². The topological polar surface area (TPSA) is 18.5 Å². The highest BCUT2D eigenvalue weighted by Crippen LogP contribution is 2.43. The van der Waals surface area contributed by atoms with Crippen LogP contribution in [0.1, 0.15) is 47.9 Å². The molecule has 0 unspecified atom stereocenters. The van der Waals surface area contributed by atoms with Crippen LogP contribution in [0.3, 0.4) is 0 Å². The number of allylic oxidation sites excluding steroid dienone is 2. The summed E-state index contributed by atoms with van der Waals surface area (Å²) >= 11 is 0. The van der Waals surface area contributed by atoms with Crippen molar-refractivity contribution in [2.45, 2.75) is 38.5 Å². The summed E-state index contributed by atoms with van der Waals surface area (Å²) in [5.74, 6) is 1.93. The Morgan fingerprint density at radius 2 is 1.08 bits per heavy atom. The molecular formula is C22H24O2. The van der Waals surface area contributed by atoms with E-state index in [-0.39, 0.29) is 0 Å². The molecule has 0 N–H and O–H groups in total. The maximum absolute atomic E-state index is 5.41. The third-order valence-corrected chi connectivity index (χ3v) is 5.39. The van der Waals surface area contributed by atoms with Crippen molar-refractivity contribution in [2.24, 2.45) is 0 Å². The number of ether oxygens (including phenoxy) is 2. The van der Waals surface area contributed by atoms with Crippen molar-refractivity contribution in [3.63, 3.8) is 0 Å². The molecule has 2 aliphatic rings. The van der Waals surface area contributed by atoms with E-state index in [0.717, 1.165) is 24.3 Å². The number of aryl methyl sites for hydroxylation is 2. The summed E-state index contributed by atoms with van der Waals surface area (Å²) in [7, 11) is 3.49. The van der Waals surface area contributed by atoms with E-state index in [1.807, 2.05) is 0 Å². The van der Waals surface area contributed by atoms with E-state index in [1.165, 1.54) is 47.9 Å². The number of hydrogen-bond acceptors (Lipinski definition) is 2. The molecule has 0 radical (unpaired) electrons. The van der Waals surface area contributed by atoms with Crippen molar-refractivity contribution in [3.8, 4) is 11.5 Å². The van der Waals surface area contributed by atoms with Crippen LogP contribution in [-0.2, 0) is 12.8 Å². The smallest absolute Gasteiger partial charge is 0.119 e.